The van der Waals surface area contributed by atoms with Gasteiger partial charge in [-0.25, -0.2) is 8.42 Å². The molecule has 0 bridgehead atoms. The quantitative estimate of drug-likeness (QED) is 0.283. The van der Waals surface area contributed by atoms with Crippen LogP contribution in [0.1, 0.15) is 55.9 Å². The number of nitrogens with zero attached hydrogens (tertiary/aromatic N) is 2. The van der Waals surface area contributed by atoms with E-state index in [1.807, 2.05) is 94.4 Å². The molecular weight excluding hydrogens is 534 g/mol. The highest BCUT2D eigenvalue weighted by molar-refractivity contribution is 7.92. The summed E-state index contributed by atoms with van der Waals surface area (Å²) in [7, 11) is -3.55. The Morgan fingerprint density at radius 3 is 2.02 bits per heavy atom. The molecule has 3 rings (SSSR count). The molecule has 0 spiro atoms. The maximum atomic E-state index is 13.9. The van der Waals surface area contributed by atoms with Crippen LogP contribution in [-0.4, -0.2) is 50.0 Å². The van der Waals surface area contributed by atoms with Gasteiger partial charge >= 0.3 is 0 Å². The molecule has 1 atom stereocenters. The van der Waals surface area contributed by atoms with Gasteiger partial charge in [-0.3, -0.25) is 13.9 Å². The van der Waals surface area contributed by atoms with Gasteiger partial charge in [0.25, 0.3) is 0 Å². The van der Waals surface area contributed by atoms with Crippen LogP contribution in [0.4, 0.5) is 5.69 Å². The van der Waals surface area contributed by atoms with E-state index in [1.165, 1.54) is 10.6 Å². The van der Waals surface area contributed by atoms with E-state index in [9.17, 15) is 18.0 Å². The van der Waals surface area contributed by atoms with Crippen LogP contribution in [0, 0.1) is 6.92 Å². The van der Waals surface area contributed by atoms with Crippen LogP contribution in [-0.2, 0) is 39.0 Å². The number of anilines is 1. The van der Waals surface area contributed by atoms with E-state index in [-0.39, 0.29) is 37.4 Å². The van der Waals surface area contributed by atoms with Crippen molar-refractivity contribution < 1.29 is 18.0 Å². The SMILES string of the molecule is CCc1ccc(N(CCCC(=O)N(Cc2ccc(C)cc2)[C@@H](Cc2ccccc2)C(=O)NC(C)C)S(C)(=O)=O)cc1. The van der Waals surface area contributed by atoms with Crippen molar-refractivity contribution in [2.45, 2.75) is 72.0 Å². The monoisotopic (exact) mass is 577 g/mol. The van der Waals surface area contributed by atoms with Crippen molar-refractivity contribution in [3.05, 3.63) is 101 Å². The van der Waals surface area contributed by atoms with E-state index in [1.54, 1.807) is 17.0 Å². The topological polar surface area (TPSA) is 86.8 Å². The maximum Gasteiger partial charge on any atom is 0.243 e. The first-order chi connectivity index (χ1) is 19.5. The van der Waals surface area contributed by atoms with Crippen LogP contribution in [0.5, 0.6) is 0 Å². The standard InChI is InChI=1S/C33H43N3O4S/c1-6-27-18-20-30(21-19-27)36(41(5,39)40)22-10-13-32(37)35(24-29-16-14-26(4)15-17-29)31(33(38)34-25(2)3)23-28-11-8-7-9-12-28/h7-9,11-12,14-21,25,31H,6,10,13,22-24H2,1-5H3,(H,34,38)/t31-/m0/s1. The number of hydrogen-bond donors (Lipinski definition) is 1. The molecule has 3 aromatic rings. The van der Waals surface area contributed by atoms with Gasteiger partial charge in [0, 0.05) is 32.0 Å². The number of sulfonamides is 1. The summed E-state index contributed by atoms with van der Waals surface area (Å²) in [6, 6.07) is 24.3. The van der Waals surface area contributed by atoms with Crippen molar-refractivity contribution in [3.63, 3.8) is 0 Å². The second-order valence-corrected chi connectivity index (χ2v) is 12.7. The normalized spacial score (nSPS) is 12.1. The summed E-state index contributed by atoms with van der Waals surface area (Å²) in [5.41, 5.74) is 4.68. The fourth-order valence-corrected chi connectivity index (χ4v) is 5.69. The van der Waals surface area contributed by atoms with Gasteiger partial charge in [-0.1, -0.05) is 79.2 Å². The second-order valence-electron chi connectivity index (χ2n) is 10.8. The molecule has 220 valence electrons. The Hall–Kier alpha value is -3.65. The summed E-state index contributed by atoms with van der Waals surface area (Å²) in [4.78, 5) is 29.0. The predicted octanol–water partition coefficient (Wildman–Crippen LogP) is 5.27. The minimum absolute atomic E-state index is 0.0838. The van der Waals surface area contributed by atoms with Gasteiger partial charge in [-0.2, -0.15) is 0 Å². The van der Waals surface area contributed by atoms with Crippen LogP contribution in [0.3, 0.4) is 0 Å². The average Bonchev–Trinajstić information content (AvgIpc) is 2.93. The second kappa shape index (κ2) is 14.8. The van der Waals surface area contributed by atoms with Crippen LogP contribution in [0.2, 0.25) is 0 Å². The Balaban J connectivity index is 1.86. The number of benzene rings is 3. The summed E-state index contributed by atoms with van der Waals surface area (Å²) >= 11 is 0. The van der Waals surface area contributed by atoms with Crippen molar-refractivity contribution in [2.75, 3.05) is 17.1 Å². The number of carbonyl (C=O) groups is 2. The third-order valence-corrected chi connectivity index (χ3v) is 8.15. The van der Waals surface area contributed by atoms with Crippen LogP contribution in [0.15, 0.2) is 78.9 Å². The summed E-state index contributed by atoms with van der Waals surface area (Å²) in [6.45, 7) is 8.29. The number of hydrogen-bond acceptors (Lipinski definition) is 4. The van der Waals surface area contributed by atoms with Gasteiger partial charge in [0.1, 0.15) is 6.04 Å². The third-order valence-electron chi connectivity index (χ3n) is 6.96. The van der Waals surface area contributed by atoms with Crippen LogP contribution in [0.25, 0.3) is 0 Å². The zero-order valence-electron chi connectivity index (χ0n) is 24.8. The maximum absolute atomic E-state index is 13.9. The molecule has 0 radical (unpaired) electrons. The van der Waals surface area contributed by atoms with E-state index in [0.29, 0.717) is 18.5 Å². The zero-order chi connectivity index (χ0) is 30.0. The molecule has 0 saturated carbocycles. The summed E-state index contributed by atoms with van der Waals surface area (Å²) in [5.74, 6) is -0.404. The van der Waals surface area contributed by atoms with Gasteiger partial charge in [0.05, 0.1) is 11.9 Å². The minimum atomic E-state index is -3.55. The van der Waals surface area contributed by atoms with Crippen LogP contribution >= 0.6 is 0 Å². The van der Waals surface area contributed by atoms with Gasteiger partial charge < -0.3 is 10.2 Å². The summed E-state index contributed by atoms with van der Waals surface area (Å²) in [5, 5.41) is 3.00. The number of rotatable bonds is 14. The molecular formula is C33H43N3O4S. The molecule has 3 aromatic carbocycles. The van der Waals surface area contributed by atoms with E-state index < -0.39 is 16.1 Å². The van der Waals surface area contributed by atoms with E-state index in [4.69, 9.17) is 0 Å². The third kappa shape index (κ3) is 9.74. The van der Waals surface area contributed by atoms with E-state index in [2.05, 4.69) is 5.32 Å². The van der Waals surface area contributed by atoms with Crippen molar-refractivity contribution in [1.82, 2.24) is 10.2 Å². The molecule has 0 fully saturated rings. The minimum Gasteiger partial charge on any atom is -0.352 e. The number of nitrogens with one attached hydrogen (secondary N) is 1. The molecule has 0 aliphatic carbocycles. The molecule has 0 aliphatic rings. The van der Waals surface area contributed by atoms with Gasteiger partial charge in [-0.15, -0.1) is 0 Å². The summed E-state index contributed by atoms with van der Waals surface area (Å²) in [6.07, 6.45) is 2.83. The molecule has 41 heavy (non-hydrogen) atoms. The number of aryl methyl sites for hydroxylation is 2. The van der Waals surface area contributed by atoms with Gasteiger partial charge in [-0.05, 0) is 62.4 Å². The Bertz CT molecular complexity index is 1370. The van der Waals surface area contributed by atoms with Gasteiger partial charge in [0.15, 0.2) is 0 Å². The smallest absolute Gasteiger partial charge is 0.243 e. The number of amides is 2. The van der Waals surface area contributed by atoms with Crippen LogP contribution < -0.4 is 9.62 Å². The van der Waals surface area contributed by atoms with Crippen molar-refractivity contribution in [3.8, 4) is 0 Å². The lowest BCUT2D eigenvalue weighted by Gasteiger charge is -2.32. The Morgan fingerprint density at radius 1 is 0.854 bits per heavy atom. The van der Waals surface area contributed by atoms with E-state index in [0.717, 1.165) is 28.7 Å². The first-order valence-electron chi connectivity index (χ1n) is 14.2. The molecule has 0 heterocycles. The summed E-state index contributed by atoms with van der Waals surface area (Å²) < 4.78 is 26.6. The molecule has 0 aromatic heterocycles. The zero-order valence-corrected chi connectivity index (χ0v) is 25.7. The highest BCUT2D eigenvalue weighted by atomic mass is 32.2. The van der Waals surface area contributed by atoms with Gasteiger partial charge in [0.2, 0.25) is 21.8 Å². The predicted molar refractivity (Wildman–Crippen MR) is 166 cm³/mol. The molecule has 1 N–H and O–H groups in total. The number of carbonyl (C=O) groups excluding carboxylic acids is 2. The largest absolute Gasteiger partial charge is 0.352 e. The van der Waals surface area contributed by atoms with Crippen molar-refractivity contribution in [1.29, 1.82) is 0 Å². The lowest BCUT2D eigenvalue weighted by atomic mass is 10.0. The fraction of sp³-hybridized carbons (Fsp3) is 0.394. The molecule has 0 saturated heterocycles. The average molecular weight is 578 g/mol. The highest BCUT2D eigenvalue weighted by Gasteiger charge is 2.31. The molecule has 7 nitrogen and oxygen atoms in total. The molecule has 8 heteroatoms. The first kappa shape index (κ1) is 31.9. The lowest BCUT2D eigenvalue weighted by molar-refractivity contribution is -0.141. The molecule has 0 aliphatic heterocycles. The van der Waals surface area contributed by atoms with E-state index >= 15 is 0 Å². The lowest BCUT2D eigenvalue weighted by Crippen LogP contribution is -2.51. The Morgan fingerprint density at radius 2 is 1.46 bits per heavy atom. The highest BCUT2D eigenvalue weighted by Crippen LogP contribution is 2.21. The van der Waals surface area contributed by atoms with Crippen molar-refractivity contribution in [2.24, 2.45) is 0 Å². The Kier molecular flexibility index (Phi) is 11.5. The van der Waals surface area contributed by atoms with Crippen molar-refractivity contribution >= 4 is 27.5 Å². The first-order valence-corrected chi connectivity index (χ1v) is 16.1. The fourth-order valence-electron chi connectivity index (χ4n) is 4.73. The Labute approximate surface area is 245 Å². The molecule has 0 unspecified atom stereocenters. The molecule has 2 amide bonds.